The van der Waals surface area contributed by atoms with Gasteiger partial charge in [-0.3, -0.25) is 11.3 Å². The molecule has 0 radical (unpaired) electrons. The molecule has 1 saturated heterocycles. The maximum atomic E-state index is 5.67. The first-order valence-electron chi connectivity index (χ1n) is 5.89. The molecule has 0 amide bonds. The summed E-state index contributed by atoms with van der Waals surface area (Å²) >= 11 is 0. The van der Waals surface area contributed by atoms with Crippen LogP contribution in [0.3, 0.4) is 0 Å². The van der Waals surface area contributed by atoms with Crippen molar-refractivity contribution in [2.75, 3.05) is 20.3 Å². The Morgan fingerprint density at radius 2 is 2.53 bits per heavy atom. The van der Waals surface area contributed by atoms with Crippen LogP contribution in [-0.2, 0) is 4.74 Å². The smallest absolute Gasteiger partial charge is 0.217 e. The summed E-state index contributed by atoms with van der Waals surface area (Å²) in [5.41, 5.74) is 3.86. The maximum absolute atomic E-state index is 5.67. The van der Waals surface area contributed by atoms with Crippen LogP contribution in [0.25, 0.3) is 0 Å². The summed E-state index contributed by atoms with van der Waals surface area (Å²) in [5, 5.41) is 0. The number of nitrogens with zero attached hydrogens (tertiary/aromatic N) is 1. The molecule has 5 nitrogen and oxygen atoms in total. The second-order valence-corrected chi connectivity index (χ2v) is 4.22. The quantitative estimate of drug-likeness (QED) is 0.604. The van der Waals surface area contributed by atoms with Gasteiger partial charge in [0.1, 0.15) is 0 Å². The van der Waals surface area contributed by atoms with Gasteiger partial charge in [-0.05, 0) is 18.9 Å². The lowest BCUT2D eigenvalue weighted by atomic mass is 9.89. The van der Waals surface area contributed by atoms with Gasteiger partial charge in [0.2, 0.25) is 5.88 Å². The van der Waals surface area contributed by atoms with Crippen molar-refractivity contribution in [1.29, 1.82) is 0 Å². The van der Waals surface area contributed by atoms with Gasteiger partial charge in [0.25, 0.3) is 0 Å². The third-order valence-corrected chi connectivity index (χ3v) is 3.18. The Kier molecular flexibility index (Phi) is 4.30. The summed E-state index contributed by atoms with van der Waals surface area (Å²) in [4.78, 5) is 4.20. The molecule has 2 rings (SSSR count). The average Bonchev–Trinajstić information content (AvgIpc) is 2.41. The SMILES string of the molecule is COc1ncccc1C(NN)C1CCCOC1. The molecule has 0 aliphatic carbocycles. The Balaban J connectivity index is 2.21. The van der Waals surface area contributed by atoms with Gasteiger partial charge in [0.05, 0.1) is 19.8 Å². The standard InChI is InChI=1S/C12H19N3O2/c1-16-12-10(5-2-6-14-12)11(15-13)9-4-3-7-17-8-9/h2,5-6,9,11,15H,3-4,7-8,13H2,1H3. The Labute approximate surface area is 101 Å². The first-order chi connectivity index (χ1) is 8.36. The van der Waals surface area contributed by atoms with Crippen LogP contribution >= 0.6 is 0 Å². The van der Waals surface area contributed by atoms with E-state index in [0.717, 1.165) is 31.6 Å². The highest BCUT2D eigenvalue weighted by atomic mass is 16.5. The fourth-order valence-electron chi connectivity index (χ4n) is 2.32. The van der Waals surface area contributed by atoms with Crippen molar-refractivity contribution in [3.63, 3.8) is 0 Å². The van der Waals surface area contributed by atoms with Crippen molar-refractivity contribution in [1.82, 2.24) is 10.4 Å². The highest BCUT2D eigenvalue weighted by molar-refractivity contribution is 5.29. The van der Waals surface area contributed by atoms with Crippen LogP contribution in [0.2, 0.25) is 0 Å². The van der Waals surface area contributed by atoms with E-state index in [9.17, 15) is 0 Å². The highest BCUT2D eigenvalue weighted by Gasteiger charge is 2.27. The molecule has 1 aliphatic heterocycles. The Bertz CT molecular complexity index is 353. The van der Waals surface area contributed by atoms with E-state index in [1.165, 1.54) is 0 Å². The van der Waals surface area contributed by atoms with E-state index in [0.29, 0.717) is 11.8 Å². The van der Waals surface area contributed by atoms with Crippen LogP contribution in [0.5, 0.6) is 5.88 Å². The van der Waals surface area contributed by atoms with Crippen molar-refractivity contribution in [3.05, 3.63) is 23.9 Å². The number of aromatic nitrogens is 1. The molecule has 0 spiro atoms. The molecule has 1 aromatic rings. The fourth-order valence-corrected chi connectivity index (χ4v) is 2.32. The normalized spacial score (nSPS) is 22.1. The number of hydrogen-bond acceptors (Lipinski definition) is 5. The molecule has 1 aliphatic rings. The summed E-state index contributed by atoms with van der Waals surface area (Å²) in [6, 6.07) is 3.91. The second kappa shape index (κ2) is 5.95. The predicted octanol–water partition coefficient (Wildman–Crippen LogP) is 1.02. The van der Waals surface area contributed by atoms with E-state index < -0.39 is 0 Å². The Morgan fingerprint density at radius 3 is 3.18 bits per heavy atom. The van der Waals surface area contributed by atoms with E-state index in [1.54, 1.807) is 13.3 Å². The van der Waals surface area contributed by atoms with Gasteiger partial charge >= 0.3 is 0 Å². The zero-order chi connectivity index (χ0) is 12.1. The van der Waals surface area contributed by atoms with Gasteiger partial charge in [0.15, 0.2) is 0 Å². The van der Waals surface area contributed by atoms with Crippen molar-refractivity contribution < 1.29 is 9.47 Å². The van der Waals surface area contributed by atoms with Crippen molar-refractivity contribution in [3.8, 4) is 5.88 Å². The third-order valence-electron chi connectivity index (χ3n) is 3.18. The van der Waals surface area contributed by atoms with Gasteiger partial charge in [-0.1, -0.05) is 6.07 Å². The molecule has 94 valence electrons. The van der Waals surface area contributed by atoms with Crippen molar-refractivity contribution >= 4 is 0 Å². The molecule has 1 aromatic heterocycles. The van der Waals surface area contributed by atoms with Gasteiger partial charge < -0.3 is 9.47 Å². The fraction of sp³-hybridized carbons (Fsp3) is 0.583. The molecular formula is C12H19N3O2. The topological polar surface area (TPSA) is 69.4 Å². The molecule has 0 aromatic carbocycles. The molecule has 17 heavy (non-hydrogen) atoms. The molecule has 0 bridgehead atoms. The van der Waals surface area contributed by atoms with E-state index in [-0.39, 0.29) is 6.04 Å². The molecule has 2 heterocycles. The molecule has 2 atom stereocenters. The third kappa shape index (κ3) is 2.74. The van der Waals surface area contributed by atoms with E-state index >= 15 is 0 Å². The van der Waals surface area contributed by atoms with E-state index in [2.05, 4.69) is 10.4 Å². The number of ether oxygens (including phenoxy) is 2. The summed E-state index contributed by atoms with van der Waals surface area (Å²) in [6.45, 7) is 1.57. The number of nitrogens with two attached hydrogens (primary N) is 1. The maximum Gasteiger partial charge on any atom is 0.217 e. The van der Waals surface area contributed by atoms with E-state index in [4.69, 9.17) is 15.3 Å². The Morgan fingerprint density at radius 1 is 1.65 bits per heavy atom. The number of rotatable bonds is 4. The largest absolute Gasteiger partial charge is 0.481 e. The lowest BCUT2D eigenvalue weighted by Gasteiger charge is -2.30. The lowest BCUT2D eigenvalue weighted by molar-refractivity contribution is 0.0385. The molecule has 1 fully saturated rings. The first kappa shape index (κ1) is 12.3. The zero-order valence-electron chi connectivity index (χ0n) is 10.1. The number of pyridine rings is 1. The molecule has 5 heteroatoms. The van der Waals surface area contributed by atoms with Crippen LogP contribution in [0.1, 0.15) is 24.4 Å². The first-order valence-corrected chi connectivity index (χ1v) is 5.89. The van der Waals surface area contributed by atoms with E-state index in [1.807, 2.05) is 12.1 Å². The minimum absolute atomic E-state index is 0.0268. The van der Waals surface area contributed by atoms with Gasteiger partial charge in [-0.15, -0.1) is 0 Å². The minimum atomic E-state index is 0.0268. The number of methoxy groups -OCH3 is 1. The van der Waals surface area contributed by atoms with Gasteiger partial charge in [-0.25, -0.2) is 4.98 Å². The summed E-state index contributed by atoms with van der Waals surface area (Å²) in [5.74, 6) is 6.66. The van der Waals surface area contributed by atoms with Crippen LogP contribution in [-0.4, -0.2) is 25.3 Å². The monoisotopic (exact) mass is 237 g/mol. The van der Waals surface area contributed by atoms with Crippen molar-refractivity contribution in [2.24, 2.45) is 11.8 Å². The lowest BCUT2D eigenvalue weighted by Crippen LogP contribution is -2.37. The number of hydrogen-bond donors (Lipinski definition) is 2. The number of nitrogens with one attached hydrogen (secondary N) is 1. The Hall–Kier alpha value is -1.17. The highest BCUT2D eigenvalue weighted by Crippen LogP contribution is 2.32. The van der Waals surface area contributed by atoms with Crippen LogP contribution in [0, 0.1) is 5.92 Å². The summed E-state index contributed by atoms with van der Waals surface area (Å²) in [7, 11) is 1.62. The van der Waals surface area contributed by atoms with Gasteiger partial charge in [-0.2, -0.15) is 0 Å². The molecule has 2 unspecified atom stereocenters. The second-order valence-electron chi connectivity index (χ2n) is 4.22. The van der Waals surface area contributed by atoms with Gasteiger partial charge in [0, 0.05) is 24.3 Å². The molecular weight excluding hydrogens is 218 g/mol. The van der Waals surface area contributed by atoms with Crippen LogP contribution in [0.15, 0.2) is 18.3 Å². The van der Waals surface area contributed by atoms with Crippen LogP contribution < -0.4 is 16.0 Å². The molecule has 0 saturated carbocycles. The molecule has 3 N–H and O–H groups in total. The summed E-state index contributed by atoms with van der Waals surface area (Å²) < 4.78 is 10.8. The zero-order valence-corrected chi connectivity index (χ0v) is 10.1. The summed E-state index contributed by atoms with van der Waals surface area (Å²) in [6.07, 6.45) is 3.89. The predicted molar refractivity (Wildman–Crippen MR) is 64.4 cm³/mol. The average molecular weight is 237 g/mol. The number of hydrazine groups is 1. The van der Waals surface area contributed by atoms with Crippen LogP contribution in [0.4, 0.5) is 0 Å². The minimum Gasteiger partial charge on any atom is -0.481 e. The van der Waals surface area contributed by atoms with Crippen molar-refractivity contribution in [2.45, 2.75) is 18.9 Å².